The van der Waals surface area contributed by atoms with E-state index in [1.54, 1.807) is 25.6 Å². The summed E-state index contributed by atoms with van der Waals surface area (Å²) < 4.78 is 16.3. The van der Waals surface area contributed by atoms with Crippen molar-refractivity contribution < 1.29 is 23.8 Å². The first-order chi connectivity index (χ1) is 16.0. The van der Waals surface area contributed by atoms with Crippen LogP contribution in [-0.4, -0.2) is 38.3 Å². The van der Waals surface area contributed by atoms with E-state index in [0.717, 1.165) is 22.6 Å². The van der Waals surface area contributed by atoms with Gasteiger partial charge in [-0.3, -0.25) is 14.6 Å². The van der Waals surface area contributed by atoms with Gasteiger partial charge in [-0.1, -0.05) is 19.1 Å². The van der Waals surface area contributed by atoms with Crippen LogP contribution in [0.3, 0.4) is 0 Å². The summed E-state index contributed by atoms with van der Waals surface area (Å²) in [5.74, 6) is 0.0926. The number of carbonyl (C=O) groups excluding carboxylic acids is 2. The van der Waals surface area contributed by atoms with Crippen molar-refractivity contribution in [3.8, 4) is 11.5 Å². The lowest BCUT2D eigenvalue weighted by Crippen LogP contribution is -2.37. The summed E-state index contributed by atoms with van der Waals surface area (Å²) in [6.45, 7) is 4.19. The van der Waals surface area contributed by atoms with Gasteiger partial charge in [0.25, 0.3) is 0 Å². The zero-order chi connectivity index (χ0) is 23.5. The number of hydrogen-bond acceptors (Lipinski definition) is 7. The molecule has 0 fully saturated rings. The Hall–Kier alpha value is -2.93. The monoisotopic (exact) mass is 467 g/mol. The quantitative estimate of drug-likeness (QED) is 0.517. The van der Waals surface area contributed by atoms with Gasteiger partial charge in [0.1, 0.15) is 5.92 Å². The number of rotatable bonds is 7. The molecule has 4 rings (SSSR count). The second kappa shape index (κ2) is 9.91. The Labute approximate surface area is 198 Å². The zero-order valence-corrected chi connectivity index (χ0v) is 20.2. The van der Waals surface area contributed by atoms with Gasteiger partial charge in [0.05, 0.1) is 20.8 Å². The van der Waals surface area contributed by atoms with E-state index >= 15 is 0 Å². The molecule has 2 aromatic rings. The maximum Gasteiger partial charge on any atom is 0.315 e. The van der Waals surface area contributed by atoms with Crippen LogP contribution in [-0.2, 0) is 14.3 Å². The molecule has 2 aliphatic rings. The molecule has 3 atom stereocenters. The summed E-state index contributed by atoms with van der Waals surface area (Å²) in [6, 6.07) is 9.73. The Kier molecular flexibility index (Phi) is 6.98. The molecule has 1 aromatic heterocycles. The van der Waals surface area contributed by atoms with E-state index in [4.69, 9.17) is 19.2 Å². The second-order valence-corrected chi connectivity index (χ2v) is 9.37. The lowest BCUT2D eigenvalue weighted by molar-refractivity contribution is -0.146. The van der Waals surface area contributed by atoms with Gasteiger partial charge in [-0.05, 0) is 54.8 Å². The van der Waals surface area contributed by atoms with Gasteiger partial charge >= 0.3 is 5.97 Å². The fraction of sp³-hybridized carbons (Fsp3) is 0.423. The van der Waals surface area contributed by atoms with Crippen molar-refractivity contribution in [2.24, 2.45) is 10.9 Å². The first kappa shape index (κ1) is 23.2. The van der Waals surface area contributed by atoms with Crippen LogP contribution in [0.25, 0.3) is 0 Å². The Morgan fingerprint density at radius 3 is 2.61 bits per heavy atom. The minimum absolute atomic E-state index is 0.0137. The second-order valence-electron chi connectivity index (χ2n) is 8.39. The van der Waals surface area contributed by atoms with E-state index in [1.807, 2.05) is 49.6 Å². The smallest absolute Gasteiger partial charge is 0.315 e. The standard InChI is InChI=1S/C26H29NO5S/c1-5-10-32-26(29)23-15(2)27-18-12-17(16-8-9-20(30-3)21(14-16)31-4)13-19(28)24(18)25(23)22-7-6-11-33-22/h6-9,11,14,17,23,25H,5,10,12-13H2,1-4H3/t17-,23?,25+/m1/s1. The number of hydrogen-bond donors (Lipinski definition) is 0. The molecule has 1 aliphatic carbocycles. The minimum Gasteiger partial charge on any atom is -0.493 e. The van der Waals surface area contributed by atoms with E-state index in [-0.39, 0.29) is 23.6 Å². The number of nitrogens with zero attached hydrogens (tertiary/aromatic N) is 1. The summed E-state index contributed by atoms with van der Waals surface area (Å²) in [6.07, 6.45) is 1.74. The first-order valence-electron chi connectivity index (χ1n) is 11.2. The molecule has 6 nitrogen and oxygen atoms in total. The van der Waals surface area contributed by atoms with Crippen molar-refractivity contribution in [3.05, 3.63) is 57.4 Å². The van der Waals surface area contributed by atoms with Crippen molar-refractivity contribution in [2.45, 2.75) is 44.9 Å². The fourth-order valence-electron chi connectivity index (χ4n) is 4.78. The van der Waals surface area contributed by atoms with E-state index in [1.165, 1.54) is 0 Å². The summed E-state index contributed by atoms with van der Waals surface area (Å²) in [4.78, 5) is 32.4. The molecule has 0 amide bonds. The minimum atomic E-state index is -0.574. The van der Waals surface area contributed by atoms with Gasteiger partial charge in [0.2, 0.25) is 0 Å². The molecule has 0 saturated heterocycles. The molecule has 0 bridgehead atoms. The van der Waals surface area contributed by atoms with Crippen LogP contribution in [0.2, 0.25) is 0 Å². The Morgan fingerprint density at radius 1 is 1.15 bits per heavy atom. The number of carbonyl (C=O) groups is 2. The maximum atomic E-state index is 13.6. The first-order valence-corrected chi connectivity index (χ1v) is 12.1. The molecule has 2 heterocycles. The molecule has 1 unspecified atom stereocenters. The van der Waals surface area contributed by atoms with Crippen molar-refractivity contribution >= 4 is 28.8 Å². The highest BCUT2D eigenvalue weighted by molar-refractivity contribution is 7.10. The zero-order valence-electron chi connectivity index (χ0n) is 19.4. The lowest BCUT2D eigenvalue weighted by Gasteiger charge is -2.36. The number of esters is 1. The molecule has 1 aliphatic heterocycles. The number of ketones is 1. The molecule has 0 saturated carbocycles. The van der Waals surface area contributed by atoms with Gasteiger partial charge in [0.15, 0.2) is 17.3 Å². The van der Waals surface area contributed by atoms with Gasteiger partial charge in [-0.25, -0.2) is 0 Å². The van der Waals surface area contributed by atoms with E-state index in [2.05, 4.69) is 0 Å². The highest BCUT2D eigenvalue weighted by Gasteiger charge is 2.45. The van der Waals surface area contributed by atoms with Crippen LogP contribution in [0.15, 0.2) is 52.0 Å². The lowest BCUT2D eigenvalue weighted by atomic mass is 9.71. The van der Waals surface area contributed by atoms with Crippen molar-refractivity contribution in [2.75, 3.05) is 20.8 Å². The summed E-state index contributed by atoms with van der Waals surface area (Å²) in [5.41, 5.74) is 3.16. The van der Waals surface area contributed by atoms with Crippen LogP contribution < -0.4 is 9.47 Å². The van der Waals surface area contributed by atoms with Gasteiger partial charge in [0, 0.05) is 34.2 Å². The van der Waals surface area contributed by atoms with E-state index in [0.29, 0.717) is 42.2 Å². The molecule has 1 aromatic carbocycles. The fourth-order valence-corrected chi connectivity index (χ4v) is 5.65. The number of Topliss-reactive ketones (excluding diaryl/α,β-unsaturated/α-hetero) is 1. The van der Waals surface area contributed by atoms with Gasteiger partial charge < -0.3 is 14.2 Å². The number of aliphatic imine (C=N–C) groups is 1. The predicted molar refractivity (Wildman–Crippen MR) is 128 cm³/mol. The average molecular weight is 468 g/mol. The number of ether oxygens (including phenoxy) is 3. The van der Waals surface area contributed by atoms with Crippen LogP contribution in [0.4, 0.5) is 0 Å². The molecular formula is C26H29NO5S. The van der Waals surface area contributed by atoms with Gasteiger partial charge in [-0.15, -0.1) is 11.3 Å². The van der Waals surface area contributed by atoms with Crippen LogP contribution in [0.5, 0.6) is 11.5 Å². The third kappa shape index (κ3) is 4.47. The van der Waals surface area contributed by atoms with Crippen molar-refractivity contribution in [1.82, 2.24) is 0 Å². The molecule has 7 heteroatoms. The largest absolute Gasteiger partial charge is 0.493 e. The summed E-state index contributed by atoms with van der Waals surface area (Å²) >= 11 is 1.56. The highest BCUT2D eigenvalue weighted by Crippen LogP contribution is 2.48. The average Bonchev–Trinajstić information content (AvgIpc) is 3.35. The normalized spacial score (nSPS) is 22.5. The van der Waals surface area contributed by atoms with Crippen LogP contribution in [0.1, 0.15) is 55.4 Å². The third-order valence-corrected chi connectivity index (χ3v) is 7.28. The topological polar surface area (TPSA) is 74.2 Å². The molecular weight excluding hydrogens is 438 g/mol. The molecule has 0 spiro atoms. The van der Waals surface area contributed by atoms with E-state index in [9.17, 15) is 9.59 Å². The van der Waals surface area contributed by atoms with Crippen LogP contribution in [0, 0.1) is 5.92 Å². The molecule has 33 heavy (non-hydrogen) atoms. The number of thiophene rings is 1. The predicted octanol–water partition coefficient (Wildman–Crippen LogP) is 5.29. The van der Waals surface area contributed by atoms with Gasteiger partial charge in [-0.2, -0.15) is 0 Å². The number of methoxy groups -OCH3 is 2. The SMILES string of the molecule is CCCOC(=O)C1C(C)=NC2=C(C(=O)C[C@H](c3ccc(OC)c(OC)c3)C2)[C@H]1c1cccs1. The number of allylic oxidation sites excluding steroid dienone is 2. The summed E-state index contributed by atoms with van der Waals surface area (Å²) in [7, 11) is 3.21. The Bertz CT molecular complexity index is 1100. The maximum absolute atomic E-state index is 13.6. The van der Waals surface area contributed by atoms with Crippen LogP contribution >= 0.6 is 11.3 Å². The Balaban J connectivity index is 1.72. The molecule has 0 N–H and O–H groups in total. The summed E-state index contributed by atoms with van der Waals surface area (Å²) in [5, 5.41) is 1.98. The van der Waals surface area contributed by atoms with Crippen molar-refractivity contribution in [1.29, 1.82) is 0 Å². The molecule has 174 valence electrons. The third-order valence-electron chi connectivity index (χ3n) is 6.32. The van der Waals surface area contributed by atoms with Crippen molar-refractivity contribution in [3.63, 3.8) is 0 Å². The number of benzene rings is 1. The van der Waals surface area contributed by atoms with E-state index < -0.39 is 5.92 Å². The Morgan fingerprint density at radius 2 is 1.94 bits per heavy atom. The molecule has 0 radical (unpaired) electrons. The highest BCUT2D eigenvalue weighted by atomic mass is 32.1.